The van der Waals surface area contributed by atoms with Gasteiger partial charge < -0.3 is 14.6 Å². The van der Waals surface area contributed by atoms with Crippen molar-refractivity contribution in [2.24, 2.45) is 0 Å². The van der Waals surface area contributed by atoms with Crippen LogP contribution in [0.5, 0.6) is 5.75 Å². The molecule has 5 heteroatoms. The quantitative estimate of drug-likeness (QED) is 0.408. The summed E-state index contributed by atoms with van der Waals surface area (Å²) in [4.78, 5) is 9.20. The Kier molecular flexibility index (Phi) is 4.62. The number of fused-ring (bicyclic) bond motifs is 1. The molecule has 2 heterocycles. The molecule has 0 spiro atoms. The van der Waals surface area contributed by atoms with Crippen molar-refractivity contribution in [2.45, 2.75) is 0 Å². The molecule has 0 fully saturated rings. The van der Waals surface area contributed by atoms with E-state index in [1.165, 1.54) is 0 Å². The summed E-state index contributed by atoms with van der Waals surface area (Å²) >= 11 is 0. The number of nitrogens with zero attached hydrogens (tertiary/aromatic N) is 3. The Morgan fingerprint density at radius 3 is 2.37 bits per heavy atom. The minimum atomic E-state index is 0.752. The molecule has 0 amide bonds. The number of nitrogens with one attached hydrogen (secondary N) is 1. The molecule has 0 radical (unpaired) electrons. The highest BCUT2D eigenvalue weighted by Crippen LogP contribution is 2.36. The van der Waals surface area contributed by atoms with Gasteiger partial charge in [-0.25, -0.2) is 9.97 Å². The van der Waals surface area contributed by atoms with E-state index in [4.69, 9.17) is 4.74 Å². The highest BCUT2D eigenvalue weighted by molar-refractivity contribution is 6.03. The maximum absolute atomic E-state index is 5.36. The molecule has 3 aromatic carbocycles. The Morgan fingerprint density at radius 2 is 1.60 bits per heavy atom. The molecule has 0 aliphatic heterocycles. The van der Waals surface area contributed by atoms with Crippen LogP contribution in [0.3, 0.4) is 0 Å². The number of hydrogen-bond donors (Lipinski definition) is 1. The Bertz CT molecular complexity index is 1300. The monoisotopic (exact) mass is 392 g/mol. The van der Waals surface area contributed by atoms with Crippen LogP contribution in [0.15, 0.2) is 97.5 Å². The van der Waals surface area contributed by atoms with Gasteiger partial charge >= 0.3 is 0 Å². The van der Waals surface area contributed by atoms with Crippen LogP contribution in [0.25, 0.3) is 27.8 Å². The molecule has 30 heavy (non-hydrogen) atoms. The number of aromatic nitrogens is 3. The van der Waals surface area contributed by atoms with Gasteiger partial charge in [0.2, 0.25) is 0 Å². The van der Waals surface area contributed by atoms with Crippen molar-refractivity contribution < 1.29 is 4.74 Å². The van der Waals surface area contributed by atoms with Gasteiger partial charge in [0.15, 0.2) is 5.65 Å². The zero-order valence-corrected chi connectivity index (χ0v) is 16.5. The lowest BCUT2D eigenvalue weighted by atomic mass is 10.1. The van der Waals surface area contributed by atoms with Gasteiger partial charge in [0, 0.05) is 29.2 Å². The average molecular weight is 392 g/mol. The SMILES string of the molecule is COc1cccc(Nc2ncnc3c2c(-c2ccccc2)cn3-c2ccccc2)c1. The minimum Gasteiger partial charge on any atom is -0.497 e. The van der Waals surface area contributed by atoms with E-state index in [0.29, 0.717) is 0 Å². The third kappa shape index (κ3) is 3.26. The Balaban J connectivity index is 1.73. The van der Waals surface area contributed by atoms with Crippen molar-refractivity contribution in [1.29, 1.82) is 0 Å². The number of para-hydroxylation sites is 1. The second kappa shape index (κ2) is 7.72. The lowest BCUT2D eigenvalue weighted by Gasteiger charge is -2.10. The molecule has 0 aliphatic carbocycles. The van der Waals surface area contributed by atoms with Gasteiger partial charge in [-0.15, -0.1) is 0 Å². The standard InChI is InChI=1S/C25H20N4O/c1-30-21-14-8-11-19(15-21)28-24-23-22(18-9-4-2-5-10-18)16-29(25(23)27-17-26-24)20-12-6-3-7-13-20/h2-17H,1H3,(H,26,27,28). The van der Waals surface area contributed by atoms with E-state index in [9.17, 15) is 0 Å². The molecule has 1 N–H and O–H groups in total. The minimum absolute atomic E-state index is 0.752. The van der Waals surface area contributed by atoms with Crippen LogP contribution in [-0.2, 0) is 0 Å². The predicted octanol–water partition coefficient (Wildman–Crippen LogP) is 5.84. The Morgan fingerprint density at radius 1 is 0.833 bits per heavy atom. The first-order chi connectivity index (χ1) is 14.8. The van der Waals surface area contributed by atoms with E-state index in [-0.39, 0.29) is 0 Å². The molecule has 2 aromatic heterocycles. The second-order valence-electron chi connectivity index (χ2n) is 6.89. The second-order valence-corrected chi connectivity index (χ2v) is 6.89. The van der Waals surface area contributed by atoms with Gasteiger partial charge in [-0.05, 0) is 29.8 Å². The van der Waals surface area contributed by atoms with Crippen molar-refractivity contribution in [3.8, 4) is 22.6 Å². The average Bonchev–Trinajstić information content (AvgIpc) is 3.21. The first-order valence-corrected chi connectivity index (χ1v) is 9.71. The summed E-state index contributed by atoms with van der Waals surface area (Å²) in [5.74, 6) is 1.54. The number of ether oxygens (including phenoxy) is 1. The van der Waals surface area contributed by atoms with E-state index in [1.807, 2.05) is 60.7 Å². The molecule has 0 saturated heterocycles. The van der Waals surface area contributed by atoms with E-state index in [0.717, 1.165) is 45.1 Å². The number of methoxy groups -OCH3 is 1. The van der Waals surface area contributed by atoms with Crippen LogP contribution in [0.2, 0.25) is 0 Å². The molecule has 5 nitrogen and oxygen atoms in total. The molecule has 0 unspecified atom stereocenters. The van der Waals surface area contributed by atoms with E-state index in [1.54, 1.807) is 13.4 Å². The summed E-state index contributed by atoms with van der Waals surface area (Å²) in [6.07, 6.45) is 3.72. The molecular formula is C25H20N4O. The fraction of sp³-hybridized carbons (Fsp3) is 0.0400. The third-order valence-electron chi connectivity index (χ3n) is 5.03. The van der Waals surface area contributed by atoms with Crippen LogP contribution in [0.1, 0.15) is 0 Å². The Labute approximate surface area is 174 Å². The third-order valence-corrected chi connectivity index (χ3v) is 5.03. The molecule has 0 atom stereocenters. The number of hydrogen-bond acceptors (Lipinski definition) is 4. The van der Waals surface area contributed by atoms with E-state index in [2.05, 4.69) is 50.3 Å². The number of anilines is 2. The number of benzene rings is 3. The summed E-state index contributed by atoms with van der Waals surface area (Å²) < 4.78 is 7.47. The van der Waals surface area contributed by atoms with Crippen LogP contribution >= 0.6 is 0 Å². The maximum Gasteiger partial charge on any atom is 0.150 e. The largest absolute Gasteiger partial charge is 0.497 e. The van der Waals surface area contributed by atoms with E-state index >= 15 is 0 Å². The van der Waals surface area contributed by atoms with Crippen molar-refractivity contribution >= 4 is 22.5 Å². The Hall–Kier alpha value is -4.12. The topological polar surface area (TPSA) is 52.0 Å². The van der Waals surface area contributed by atoms with Gasteiger partial charge in [-0.3, -0.25) is 0 Å². The van der Waals surface area contributed by atoms with Gasteiger partial charge in [-0.1, -0.05) is 54.6 Å². The van der Waals surface area contributed by atoms with Crippen LogP contribution in [0.4, 0.5) is 11.5 Å². The van der Waals surface area contributed by atoms with Crippen molar-refractivity contribution in [3.63, 3.8) is 0 Å². The zero-order chi connectivity index (χ0) is 20.3. The smallest absolute Gasteiger partial charge is 0.150 e. The molecule has 5 rings (SSSR count). The number of rotatable bonds is 5. The van der Waals surface area contributed by atoms with Crippen LogP contribution < -0.4 is 10.1 Å². The van der Waals surface area contributed by atoms with Crippen LogP contribution in [0, 0.1) is 0 Å². The molecule has 146 valence electrons. The van der Waals surface area contributed by atoms with Gasteiger partial charge in [-0.2, -0.15) is 0 Å². The molecule has 0 saturated carbocycles. The van der Waals surface area contributed by atoms with Crippen molar-refractivity contribution in [2.75, 3.05) is 12.4 Å². The summed E-state index contributed by atoms with van der Waals surface area (Å²) in [6.45, 7) is 0. The van der Waals surface area contributed by atoms with Gasteiger partial charge in [0.05, 0.1) is 12.5 Å². The molecule has 5 aromatic rings. The fourth-order valence-corrected chi connectivity index (χ4v) is 3.62. The summed E-state index contributed by atoms with van der Waals surface area (Å²) in [5.41, 5.74) is 4.98. The molecule has 0 bridgehead atoms. The first-order valence-electron chi connectivity index (χ1n) is 9.71. The molecular weight excluding hydrogens is 372 g/mol. The van der Waals surface area contributed by atoms with Crippen molar-refractivity contribution in [3.05, 3.63) is 97.5 Å². The highest BCUT2D eigenvalue weighted by Gasteiger charge is 2.17. The van der Waals surface area contributed by atoms with Gasteiger partial charge in [0.25, 0.3) is 0 Å². The van der Waals surface area contributed by atoms with Crippen molar-refractivity contribution in [1.82, 2.24) is 14.5 Å². The lowest BCUT2D eigenvalue weighted by Crippen LogP contribution is -1.98. The normalized spacial score (nSPS) is 10.8. The lowest BCUT2D eigenvalue weighted by molar-refractivity contribution is 0.415. The highest BCUT2D eigenvalue weighted by atomic mass is 16.5. The van der Waals surface area contributed by atoms with Crippen LogP contribution in [-0.4, -0.2) is 21.6 Å². The fourth-order valence-electron chi connectivity index (χ4n) is 3.62. The first kappa shape index (κ1) is 17.9. The van der Waals surface area contributed by atoms with Gasteiger partial charge in [0.1, 0.15) is 17.9 Å². The summed E-state index contributed by atoms with van der Waals surface area (Å²) in [6, 6.07) is 28.3. The summed E-state index contributed by atoms with van der Waals surface area (Å²) in [5, 5.41) is 4.42. The predicted molar refractivity (Wildman–Crippen MR) is 121 cm³/mol. The molecule has 0 aliphatic rings. The maximum atomic E-state index is 5.36. The van der Waals surface area contributed by atoms with E-state index < -0.39 is 0 Å². The summed E-state index contributed by atoms with van der Waals surface area (Å²) in [7, 11) is 1.66. The zero-order valence-electron chi connectivity index (χ0n) is 16.5.